The Morgan fingerprint density at radius 3 is 2.83 bits per heavy atom. The predicted molar refractivity (Wildman–Crippen MR) is 73.2 cm³/mol. The van der Waals surface area contributed by atoms with Gasteiger partial charge in [-0.05, 0) is 36.8 Å². The number of carbonyl (C=O) groups excluding carboxylic acids is 1. The van der Waals surface area contributed by atoms with Crippen molar-refractivity contribution in [1.29, 1.82) is 0 Å². The summed E-state index contributed by atoms with van der Waals surface area (Å²) in [6, 6.07) is 8.28. The summed E-state index contributed by atoms with van der Waals surface area (Å²) >= 11 is 0. The lowest BCUT2D eigenvalue weighted by atomic mass is 10.0. The first kappa shape index (κ1) is 13.1. The molecule has 1 aliphatic carbocycles. The van der Waals surface area contributed by atoms with Crippen LogP contribution in [0.3, 0.4) is 0 Å². The summed E-state index contributed by atoms with van der Waals surface area (Å²) in [7, 11) is 0. The lowest BCUT2D eigenvalue weighted by Gasteiger charge is -2.16. The molecule has 2 unspecified atom stereocenters. The maximum atomic E-state index is 11.9. The molecule has 3 N–H and O–H groups in total. The van der Waals surface area contributed by atoms with Gasteiger partial charge >= 0.3 is 0 Å². The number of hydrogen-bond acceptors (Lipinski definition) is 2. The molecular formula is C15H22N2O. The summed E-state index contributed by atoms with van der Waals surface area (Å²) in [5, 5.41) is 3.01. The van der Waals surface area contributed by atoms with Crippen molar-refractivity contribution in [3.63, 3.8) is 0 Å². The van der Waals surface area contributed by atoms with Gasteiger partial charge in [0.1, 0.15) is 0 Å². The minimum atomic E-state index is 0.100. The maximum absolute atomic E-state index is 11.9. The number of hydrogen-bond donors (Lipinski definition) is 2. The molecule has 2 atom stereocenters. The van der Waals surface area contributed by atoms with Gasteiger partial charge in [-0.25, -0.2) is 0 Å². The van der Waals surface area contributed by atoms with E-state index in [-0.39, 0.29) is 11.9 Å². The monoisotopic (exact) mass is 246 g/mol. The van der Waals surface area contributed by atoms with E-state index < -0.39 is 0 Å². The summed E-state index contributed by atoms with van der Waals surface area (Å²) in [6.45, 7) is 2.77. The summed E-state index contributed by atoms with van der Waals surface area (Å²) in [5.74, 6) is 0.564. The molecule has 0 aromatic heterocycles. The van der Waals surface area contributed by atoms with Crippen LogP contribution in [0.25, 0.3) is 0 Å². The van der Waals surface area contributed by atoms with Crippen LogP contribution >= 0.6 is 0 Å². The van der Waals surface area contributed by atoms with Crippen LogP contribution < -0.4 is 11.1 Å². The number of rotatable bonds is 4. The topological polar surface area (TPSA) is 55.1 Å². The van der Waals surface area contributed by atoms with Crippen molar-refractivity contribution in [3.8, 4) is 0 Å². The summed E-state index contributed by atoms with van der Waals surface area (Å²) in [5.41, 5.74) is 8.26. The van der Waals surface area contributed by atoms with Crippen molar-refractivity contribution in [3.05, 3.63) is 35.4 Å². The first-order chi connectivity index (χ1) is 8.66. The quantitative estimate of drug-likeness (QED) is 0.851. The van der Waals surface area contributed by atoms with Crippen molar-refractivity contribution in [2.45, 2.75) is 38.6 Å². The number of carbonyl (C=O) groups is 1. The van der Waals surface area contributed by atoms with Gasteiger partial charge in [-0.2, -0.15) is 0 Å². The van der Waals surface area contributed by atoms with Crippen LogP contribution in [0.15, 0.2) is 24.3 Å². The number of aryl methyl sites for hydroxylation is 1. The van der Waals surface area contributed by atoms with Gasteiger partial charge in [0.05, 0.1) is 6.42 Å². The van der Waals surface area contributed by atoms with Gasteiger partial charge in [-0.15, -0.1) is 0 Å². The first-order valence-electron chi connectivity index (χ1n) is 6.73. The zero-order valence-electron chi connectivity index (χ0n) is 11.0. The Kier molecular flexibility index (Phi) is 4.37. The van der Waals surface area contributed by atoms with Crippen molar-refractivity contribution >= 4 is 5.91 Å². The molecule has 0 spiro atoms. The fourth-order valence-corrected chi connectivity index (χ4v) is 2.61. The van der Waals surface area contributed by atoms with E-state index in [1.807, 2.05) is 31.2 Å². The molecule has 1 fully saturated rings. The second kappa shape index (κ2) is 6.01. The standard InChI is InChI=1S/C15H22N2O/c1-11-5-2-3-6-12(11)9-15(18)17-10-13-7-4-8-14(13)16/h2-3,5-6,13-14H,4,7-10,16H2,1H3,(H,17,18). The third-order valence-corrected chi connectivity index (χ3v) is 3.89. The summed E-state index contributed by atoms with van der Waals surface area (Å²) in [4.78, 5) is 11.9. The minimum absolute atomic E-state index is 0.100. The maximum Gasteiger partial charge on any atom is 0.224 e. The molecule has 0 radical (unpaired) electrons. The molecule has 3 heteroatoms. The Morgan fingerprint density at radius 1 is 1.39 bits per heavy atom. The molecule has 0 saturated heterocycles. The van der Waals surface area contributed by atoms with E-state index >= 15 is 0 Å². The predicted octanol–water partition coefficient (Wildman–Crippen LogP) is 1.78. The highest BCUT2D eigenvalue weighted by Gasteiger charge is 2.23. The molecule has 2 rings (SSSR count). The third kappa shape index (κ3) is 3.33. The van der Waals surface area contributed by atoms with E-state index in [2.05, 4.69) is 5.32 Å². The number of nitrogens with two attached hydrogens (primary N) is 1. The molecular weight excluding hydrogens is 224 g/mol. The van der Waals surface area contributed by atoms with Crippen LogP contribution in [0.4, 0.5) is 0 Å². The first-order valence-corrected chi connectivity index (χ1v) is 6.73. The van der Waals surface area contributed by atoms with Crippen LogP contribution in [0.5, 0.6) is 0 Å². The van der Waals surface area contributed by atoms with Gasteiger partial charge in [-0.3, -0.25) is 4.79 Å². The zero-order chi connectivity index (χ0) is 13.0. The van der Waals surface area contributed by atoms with Gasteiger partial charge in [0.15, 0.2) is 0 Å². The van der Waals surface area contributed by atoms with Crippen molar-refractivity contribution < 1.29 is 4.79 Å². The molecule has 1 amide bonds. The second-order valence-electron chi connectivity index (χ2n) is 5.26. The molecule has 1 aromatic rings. The van der Waals surface area contributed by atoms with Crippen LogP contribution in [0.2, 0.25) is 0 Å². The average Bonchev–Trinajstić information content (AvgIpc) is 2.75. The van der Waals surface area contributed by atoms with E-state index in [0.29, 0.717) is 12.3 Å². The SMILES string of the molecule is Cc1ccccc1CC(=O)NCC1CCCC1N. The Morgan fingerprint density at radius 2 is 2.17 bits per heavy atom. The Labute approximate surface area is 109 Å². The highest BCUT2D eigenvalue weighted by Crippen LogP contribution is 2.23. The lowest BCUT2D eigenvalue weighted by Crippen LogP contribution is -2.36. The van der Waals surface area contributed by atoms with Gasteiger partial charge in [0, 0.05) is 12.6 Å². The smallest absolute Gasteiger partial charge is 0.224 e. The molecule has 3 nitrogen and oxygen atoms in total. The molecule has 98 valence electrons. The van der Waals surface area contributed by atoms with Crippen LogP contribution in [0, 0.1) is 12.8 Å². The largest absolute Gasteiger partial charge is 0.355 e. The molecule has 18 heavy (non-hydrogen) atoms. The molecule has 0 bridgehead atoms. The van der Waals surface area contributed by atoms with Gasteiger partial charge < -0.3 is 11.1 Å². The van der Waals surface area contributed by atoms with Gasteiger partial charge in [0.25, 0.3) is 0 Å². The Balaban J connectivity index is 1.80. The average molecular weight is 246 g/mol. The molecule has 0 aliphatic heterocycles. The number of amides is 1. The van der Waals surface area contributed by atoms with Gasteiger partial charge in [0.2, 0.25) is 5.91 Å². The normalized spacial score (nSPS) is 23.0. The van der Waals surface area contributed by atoms with Gasteiger partial charge in [-0.1, -0.05) is 30.7 Å². The Bertz CT molecular complexity index is 417. The summed E-state index contributed by atoms with van der Waals surface area (Å²) < 4.78 is 0. The fraction of sp³-hybridized carbons (Fsp3) is 0.533. The van der Waals surface area contributed by atoms with E-state index in [1.165, 1.54) is 12.0 Å². The molecule has 0 heterocycles. The second-order valence-corrected chi connectivity index (χ2v) is 5.26. The zero-order valence-corrected chi connectivity index (χ0v) is 11.0. The van der Waals surface area contributed by atoms with E-state index in [9.17, 15) is 4.79 Å². The van der Waals surface area contributed by atoms with Crippen LogP contribution in [0.1, 0.15) is 30.4 Å². The lowest BCUT2D eigenvalue weighted by molar-refractivity contribution is -0.120. The van der Waals surface area contributed by atoms with E-state index in [0.717, 1.165) is 24.9 Å². The Hall–Kier alpha value is -1.35. The van der Waals surface area contributed by atoms with Crippen LogP contribution in [-0.4, -0.2) is 18.5 Å². The molecule has 1 aromatic carbocycles. The van der Waals surface area contributed by atoms with Crippen molar-refractivity contribution in [2.24, 2.45) is 11.7 Å². The van der Waals surface area contributed by atoms with Crippen molar-refractivity contribution in [2.75, 3.05) is 6.54 Å². The van der Waals surface area contributed by atoms with Crippen molar-refractivity contribution in [1.82, 2.24) is 5.32 Å². The van der Waals surface area contributed by atoms with E-state index in [1.54, 1.807) is 0 Å². The highest BCUT2D eigenvalue weighted by atomic mass is 16.1. The number of nitrogens with one attached hydrogen (secondary N) is 1. The molecule has 1 aliphatic rings. The summed E-state index contributed by atoms with van der Waals surface area (Å²) in [6.07, 6.45) is 3.90. The van der Waals surface area contributed by atoms with E-state index in [4.69, 9.17) is 5.73 Å². The number of benzene rings is 1. The highest BCUT2D eigenvalue weighted by molar-refractivity contribution is 5.78. The third-order valence-electron chi connectivity index (χ3n) is 3.89. The minimum Gasteiger partial charge on any atom is -0.355 e. The fourth-order valence-electron chi connectivity index (χ4n) is 2.61. The van der Waals surface area contributed by atoms with Crippen LogP contribution in [-0.2, 0) is 11.2 Å². The molecule has 1 saturated carbocycles.